The minimum Gasteiger partial charge on any atom is -0.493 e. The number of ether oxygens (including phenoxy) is 1. The predicted molar refractivity (Wildman–Crippen MR) is 71.9 cm³/mol. The quantitative estimate of drug-likeness (QED) is 0.888. The standard InChI is InChI=1S/C14H16ClNO3/c15-11-5-9-1-4-19-12(9)10(6-11)7-14(13(17)18)2-3-16-8-14/h5-6,16H,1-4,7-8H2,(H,17,18). The first-order valence-corrected chi connectivity index (χ1v) is 6.87. The van der Waals surface area contributed by atoms with E-state index in [1.165, 1.54) is 0 Å². The van der Waals surface area contributed by atoms with E-state index in [1.54, 1.807) is 0 Å². The summed E-state index contributed by atoms with van der Waals surface area (Å²) in [7, 11) is 0. The van der Waals surface area contributed by atoms with E-state index in [4.69, 9.17) is 16.3 Å². The number of hydrogen-bond acceptors (Lipinski definition) is 3. The summed E-state index contributed by atoms with van der Waals surface area (Å²) < 4.78 is 5.65. The number of rotatable bonds is 3. The Labute approximate surface area is 116 Å². The number of carboxylic acid groups (broad SMARTS) is 1. The van der Waals surface area contributed by atoms with E-state index < -0.39 is 11.4 Å². The van der Waals surface area contributed by atoms with Crippen molar-refractivity contribution in [3.05, 3.63) is 28.3 Å². The van der Waals surface area contributed by atoms with Gasteiger partial charge in [0.05, 0.1) is 12.0 Å². The Kier molecular flexibility index (Phi) is 3.15. The third kappa shape index (κ3) is 2.19. The van der Waals surface area contributed by atoms with Gasteiger partial charge in [-0.3, -0.25) is 4.79 Å². The average Bonchev–Trinajstić information content (AvgIpc) is 2.97. The lowest BCUT2D eigenvalue weighted by molar-refractivity contribution is -0.147. The highest BCUT2D eigenvalue weighted by Gasteiger charge is 2.42. The van der Waals surface area contributed by atoms with Crippen LogP contribution < -0.4 is 10.1 Å². The van der Waals surface area contributed by atoms with Crippen molar-refractivity contribution in [2.75, 3.05) is 19.7 Å². The molecule has 0 amide bonds. The maximum Gasteiger partial charge on any atom is 0.311 e. The second kappa shape index (κ2) is 4.69. The van der Waals surface area contributed by atoms with Gasteiger partial charge in [0, 0.05) is 18.0 Å². The minimum absolute atomic E-state index is 0.470. The highest BCUT2D eigenvalue weighted by Crippen LogP contribution is 2.39. The van der Waals surface area contributed by atoms with Gasteiger partial charge in [0.2, 0.25) is 0 Å². The van der Waals surface area contributed by atoms with Crippen LogP contribution in [0.2, 0.25) is 5.02 Å². The molecule has 2 heterocycles. The lowest BCUT2D eigenvalue weighted by atomic mass is 9.80. The SMILES string of the molecule is O=C(O)C1(Cc2cc(Cl)cc3c2OCC3)CCNC1. The summed E-state index contributed by atoms with van der Waals surface area (Å²) in [6.07, 6.45) is 1.96. The zero-order valence-corrected chi connectivity index (χ0v) is 11.3. The van der Waals surface area contributed by atoms with Crippen LogP contribution in [0, 0.1) is 5.41 Å². The lowest BCUT2D eigenvalue weighted by Gasteiger charge is -2.24. The molecule has 0 saturated carbocycles. The number of benzene rings is 1. The first-order chi connectivity index (χ1) is 9.11. The average molecular weight is 282 g/mol. The monoisotopic (exact) mass is 281 g/mol. The fourth-order valence-electron chi connectivity index (χ4n) is 2.99. The molecule has 4 nitrogen and oxygen atoms in total. The Balaban J connectivity index is 1.97. The van der Waals surface area contributed by atoms with Gasteiger partial charge >= 0.3 is 5.97 Å². The van der Waals surface area contributed by atoms with Gasteiger partial charge in [-0.2, -0.15) is 0 Å². The fraction of sp³-hybridized carbons (Fsp3) is 0.500. The molecule has 19 heavy (non-hydrogen) atoms. The first kappa shape index (κ1) is 12.8. The molecule has 0 bridgehead atoms. The molecular formula is C14H16ClNO3. The third-order valence-electron chi connectivity index (χ3n) is 4.05. The third-order valence-corrected chi connectivity index (χ3v) is 4.27. The second-order valence-electron chi connectivity index (χ2n) is 5.34. The zero-order valence-electron chi connectivity index (χ0n) is 10.5. The summed E-state index contributed by atoms with van der Waals surface area (Å²) >= 11 is 6.12. The van der Waals surface area contributed by atoms with Crippen molar-refractivity contribution in [2.45, 2.75) is 19.3 Å². The van der Waals surface area contributed by atoms with Crippen LogP contribution in [0.3, 0.4) is 0 Å². The van der Waals surface area contributed by atoms with Gasteiger partial charge in [-0.25, -0.2) is 0 Å². The number of carboxylic acids is 1. The maximum absolute atomic E-state index is 11.6. The number of nitrogens with one attached hydrogen (secondary N) is 1. The molecule has 2 N–H and O–H groups in total. The summed E-state index contributed by atoms with van der Waals surface area (Å²) in [5.74, 6) is 0.0983. The van der Waals surface area contributed by atoms with Gasteiger partial charge in [-0.1, -0.05) is 11.6 Å². The van der Waals surface area contributed by atoms with Crippen molar-refractivity contribution >= 4 is 17.6 Å². The van der Waals surface area contributed by atoms with Crippen LogP contribution in [0.4, 0.5) is 0 Å². The predicted octanol–water partition coefficient (Wildman–Crippen LogP) is 1.88. The number of fused-ring (bicyclic) bond motifs is 1. The molecule has 2 aliphatic heterocycles. The summed E-state index contributed by atoms with van der Waals surface area (Å²) in [5.41, 5.74) is 1.28. The second-order valence-corrected chi connectivity index (χ2v) is 5.78. The Morgan fingerprint density at radius 3 is 3.05 bits per heavy atom. The topological polar surface area (TPSA) is 58.6 Å². The number of aliphatic carboxylic acids is 1. The number of carbonyl (C=O) groups is 1. The molecule has 0 aromatic heterocycles. The van der Waals surface area contributed by atoms with Crippen LogP contribution in [-0.4, -0.2) is 30.8 Å². The summed E-state index contributed by atoms with van der Waals surface area (Å²) in [6, 6.07) is 3.75. The first-order valence-electron chi connectivity index (χ1n) is 6.49. The van der Waals surface area contributed by atoms with Gasteiger partial charge in [0.1, 0.15) is 5.75 Å². The van der Waals surface area contributed by atoms with Gasteiger partial charge in [0.25, 0.3) is 0 Å². The largest absolute Gasteiger partial charge is 0.493 e. The highest BCUT2D eigenvalue weighted by molar-refractivity contribution is 6.30. The van der Waals surface area contributed by atoms with E-state index in [-0.39, 0.29) is 0 Å². The molecule has 5 heteroatoms. The van der Waals surface area contributed by atoms with E-state index in [2.05, 4.69) is 5.32 Å². The van der Waals surface area contributed by atoms with Crippen molar-refractivity contribution in [1.82, 2.24) is 5.32 Å². The van der Waals surface area contributed by atoms with Gasteiger partial charge in [-0.15, -0.1) is 0 Å². The van der Waals surface area contributed by atoms with Gasteiger partial charge in [-0.05, 0) is 42.6 Å². The van der Waals surface area contributed by atoms with Gasteiger partial charge in [0.15, 0.2) is 0 Å². The zero-order chi connectivity index (χ0) is 13.5. The minimum atomic E-state index is -0.746. The summed E-state index contributed by atoms with van der Waals surface area (Å²) in [4.78, 5) is 11.6. The highest BCUT2D eigenvalue weighted by atomic mass is 35.5. The molecule has 1 saturated heterocycles. The van der Waals surface area contributed by atoms with Gasteiger partial charge < -0.3 is 15.2 Å². The molecule has 1 fully saturated rings. The molecular weight excluding hydrogens is 266 g/mol. The van der Waals surface area contributed by atoms with Crippen molar-refractivity contribution in [3.8, 4) is 5.75 Å². The molecule has 102 valence electrons. The van der Waals surface area contributed by atoms with Crippen LogP contribution >= 0.6 is 11.6 Å². The maximum atomic E-state index is 11.6. The molecule has 1 atom stereocenters. The van der Waals surface area contributed by atoms with Crippen molar-refractivity contribution in [2.24, 2.45) is 5.41 Å². The number of halogens is 1. The smallest absolute Gasteiger partial charge is 0.311 e. The summed E-state index contributed by atoms with van der Waals surface area (Å²) in [6.45, 7) is 1.90. The molecule has 0 radical (unpaired) electrons. The fourth-order valence-corrected chi connectivity index (χ4v) is 3.26. The Morgan fingerprint density at radius 1 is 1.53 bits per heavy atom. The molecule has 3 rings (SSSR count). The molecule has 1 aromatic rings. The van der Waals surface area contributed by atoms with E-state index >= 15 is 0 Å². The summed E-state index contributed by atoms with van der Waals surface area (Å²) in [5, 5.41) is 13.3. The van der Waals surface area contributed by atoms with E-state index in [1.807, 2.05) is 12.1 Å². The Morgan fingerprint density at radius 2 is 2.37 bits per heavy atom. The molecule has 1 unspecified atom stereocenters. The molecule has 0 aliphatic carbocycles. The van der Waals surface area contributed by atoms with E-state index in [0.29, 0.717) is 31.0 Å². The normalized spacial score (nSPS) is 25.1. The lowest BCUT2D eigenvalue weighted by Crippen LogP contribution is -2.35. The van der Waals surface area contributed by atoms with Crippen LogP contribution in [0.25, 0.3) is 0 Å². The van der Waals surface area contributed by atoms with Crippen LogP contribution in [-0.2, 0) is 17.6 Å². The van der Waals surface area contributed by atoms with E-state index in [0.717, 1.165) is 29.8 Å². The Hall–Kier alpha value is -1.26. The molecule has 1 aromatic carbocycles. The van der Waals surface area contributed by atoms with Crippen molar-refractivity contribution in [1.29, 1.82) is 0 Å². The van der Waals surface area contributed by atoms with E-state index in [9.17, 15) is 9.90 Å². The van der Waals surface area contributed by atoms with Crippen LogP contribution in [0.15, 0.2) is 12.1 Å². The van der Waals surface area contributed by atoms with Crippen molar-refractivity contribution in [3.63, 3.8) is 0 Å². The van der Waals surface area contributed by atoms with Crippen LogP contribution in [0.5, 0.6) is 5.75 Å². The van der Waals surface area contributed by atoms with Crippen LogP contribution in [0.1, 0.15) is 17.5 Å². The molecule has 2 aliphatic rings. The Bertz CT molecular complexity index is 524. The molecule has 0 spiro atoms. The van der Waals surface area contributed by atoms with Crippen molar-refractivity contribution < 1.29 is 14.6 Å². The number of hydrogen-bond donors (Lipinski definition) is 2.